The first-order chi connectivity index (χ1) is 9.92. The van der Waals surface area contributed by atoms with Gasteiger partial charge >= 0.3 is 11.9 Å². The summed E-state index contributed by atoms with van der Waals surface area (Å²) in [5, 5.41) is 0. The third-order valence-corrected chi connectivity index (χ3v) is 2.68. The van der Waals surface area contributed by atoms with Crippen molar-refractivity contribution in [2.24, 2.45) is 5.73 Å². The highest BCUT2D eigenvalue weighted by Gasteiger charge is 2.23. The van der Waals surface area contributed by atoms with Crippen molar-refractivity contribution < 1.29 is 23.9 Å². The zero-order valence-electron chi connectivity index (χ0n) is 12.1. The van der Waals surface area contributed by atoms with Gasteiger partial charge in [-0.3, -0.25) is 9.59 Å². The van der Waals surface area contributed by atoms with Crippen LogP contribution in [0.4, 0.5) is 0 Å². The van der Waals surface area contributed by atoms with Crippen LogP contribution in [-0.2, 0) is 36.7 Å². The van der Waals surface area contributed by atoms with Crippen molar-refractivity contribution in [3.8, 4) is 0 Å². The summed E-state index contributed by atoms with van der Waals surface area (Å²) < 4.78 is 9.85. The van der Waals surface area contributed by atoms with Crippen LogP contribution < -0.4 is 5.73 Å². The summed E-state index contributed by atoms with van der Waals surface area (Å²) in [6.07, 6.45) is -0.592. The largest absolute Gasteiger partial charge is 0.463 e. The normalized spacial score (nSPS) is 11.5. The van der Waals surface area contributed by atoms with Crippen LogP contribution in [0.25, 0.3) is 0 Å². The molecule has 1 unspecified atom stereocenters. The number of hydrogen-bond donors (Lipinski definition) is 1. The second-order valence-corrected chi connectivity index (χ2v) is 4.51. The Morgan fingerprint density at radius 3 is 2.19 bits per heavy atom. The lowest BCUT2D eigenvalue weighted by Gasteiger charge is -2.15. The van der Waals surface area contributed by atoms with Crippen molar-refractivity contribution >= 4 is 17.8 Å². The van der Waals surface area contributed by atoms with Gasteiger partial charge in [0.15, 0.2) is 0 Å². The first kappa shape index (κ1) is 16.7. The Balaban J connectivity index is 2.75. The van der Waals surface area contributed by atoms with Crippen LogP contribution in [0, 0.1) is 0 Å². The molecule has 0 saturated heterocycles. The molecule has 1 amide bonds. The third-order valence-electron chi connectivity index (χ3n) is 2.68. The molecule has 0 heterocycles. The predicted molar refractivity (Wildman–Crippen MR) is 75.2 cm³/mol. The fraction of sp³-hybridized carbons (Fsp3) is 0.400. The molecule has 2 N–H and O–H groups in total. The van der Waals surface area contributed by atoms with Crippen molar-refractivity contribution in [1.82, 2.24) is 0 Å². The van der Waals surface area contributed by atoms with Crippen LogP contribution in [0.5, 0.6) is 0 Å². The summed E-state index contributed by atoms with van der Waals surface area (Å²) in [5.74, 6) is -1.53. The van der Waals surface area contributed by atoms with Crippen molar-refractivity contribution in [3.63, 3.8) is 0 Å². The van der Waals surface area contributed by atoms with Gasteiger partial charge in [0.05, 0.1) is 13.0 Å². The van der Waals surface area contributed by atoms with Gasteiger partial charge < -0.3 is 15.2 Å². The maximum Gasteiger partial charge on any atom is 0.347 e. The number of amides is 1. The van der Waals surface area contributed by atoms with Crippen LogP contribution in [0.3, 0.4) is 0 Å². The standard InChI is InChI=1S/C15H19NO5/c1-3-20-15(19)13(21-10(2)17)8-11-4-6-12(7-5-11)9-14(16)18/h4-7,13H,3,8-9H2,1-2H3,(H2,16,18). The molecule has 0 aliphatic heterocycles. The molecular weight excluding hydrogens is 274 g/mol. The van der Waals surface area contributed by atoms with Crippen molar-refractivity contribution in [2.75, 3.05) is 6.61 Å². The molecule has 21 heavy (non-hydrogen) atoms. The quantitative estimate of drug-likeness (QED) is 0.748. The van der Waals surface area contributed by atoms with E-state index >= 15 is 0 Å². The van der Waals surface area contributed by atoms with E-state index in [0.717, 1.165) is 11.1 Å². The lowest BCUT2D eigenvalue weighted by molar-refractivity contribution is -0.166. The molecule has 1 aromatic carbocycles. The number of ether oxygens (including phenoxy) is 2. The summed E-state index contributed by atoms with van der Waals surface area (Å²) in [4.78, 5) is 33.6. The first-order valence-corrected chi connectivity index (χ1v) is 6.62. The fourth-order valence-electron chi connectivity index (χ4n) is 1.82. The topological polar surface area (TPSA) is 95.7 Å². The number of esters is 2. The van der Waals surface area contributed by atoms with Gasteiger partial charge in [0.25, 0.3) is 0 Å². The SMILES string of the molecule is CCOC(=O)C(Cc1ccc(CC(N)=O)cc1)OC(C)=O. The maximum absolute atomic E-state index is 11.7. The molecule has 0 aromatic heterocycles. The average Bonchev–Trinajstić information content (AvgIpc) is 2.39. The van der Waals surface area contributed by atoms with Gasteiger partial charge in [0, 0.05) is 13.3 Å². The molecule has 1 rings (SSSR count). The highest BCUT2D eigenvalue weighted by molar-refractivity contribution is 5.79. The van der Waals surface area contributed by atoms with Crippen LogP contribution in [-0.4, -0.2) is 30.6 Å². The lowest BCUT2D eigenvalue weighted by Crippen LogP contribution is -2.30. The third kappa shape index (κ3) is 6.07. The van der Waals surface area contributed by atoms with Crippen molar-refractivity contribution in [2.45, 2.75) is 32.8 Å². The van der Waals surface area contributed by atoms with Crippen LogP contribution >= 0.6 is 0 Å². The van der Waals surface area contributed by atoms with Crippen molar-refractivity contribution in [3.05, 3.63) is 35.4 Å². The van der Waals surface area contributed by atoms with Gasteiger partial charge in [-0.2, -0.15) is 0 Å². The zero-order chi connectivity index (χ0) is 15.8. The van der Waals surface area contributed by atoms with E-state index in [2.05, 4.69) is 0 Å². The molecule has 114 valence electrons. The van der Waals surface area contributed by atoms with E-state index in [1.54, 1.807) is 31.2 Å². The van der Waals surface area contributed by atoms with Crippen LogP contribution in [0.15, 0.2) is 24.3 Å². The van der Waals surface area contributed by atoms with Crippen LogP contribution in [0.2, 0.25) is 0 Å². The Morgan fingerprint density at radius 1 is 1.14 bits per heavy atom. The van der Waals surface area contributed by atoms with Gasteiger partial charge in [0.2, 0.25) is 12.0 Å². The van der Waals surface area contributed by atoms with E-state index in [1.807, 2.05) is 0 Å². The molecule has 1 atom stereocenters. The van der Waals surface area contributed by atoms with E-state index in [0.29, 0.717) is 0 Å². The number of nitrogens with two attached hydrogens (primary N) is 1. The second kappa shape index (κ2) is 8.04. The smallest absolute Gasteiger partial charge is 0.347 e. The molecule has 0 aliphatic rings. The monoisotopic (exact) mass is 293 g/mol. The fourth-order valence-corrected chi connectivity index (χ4v) is 1.82. The molecule has 0 aliphatic carbocycles. The van der Waals surface area contributed by atoms with E-state index < -0.39 is 23.9 Å². The van der Waals surface area contributed by atoms with E-state index in [-0.39, 0.29) is 19.4 Å². The number of carbonyl (C=O) groups excluding carboxylic acids is 3. The molecule has 1 aromatic rings. The summed E-state index contributed by atoms with van der Waals surface area (Å²) >= 11 is 0. The highest BCUT2D eigenvalue weighted by Crippen LogP contribution is 2.11. The summed E-state index contributed by atoms with van der Waals surface area (Å²) in [6.45, 7) is 3.14. The second-order valence-electron chi connectivity index (χ2n) is 4.51. The lowest BCUT2D eigenvalue weighted by atomic mass is 10.0. The molecule has 0 radical (unpaired) electrons. The van der Waals surface area contributed by atoms with E-state index in [1.165, 1.54) is 6.92 Å². The summed E-state index contributed by atoms with van der Waals surface area (Å²) in [7, 11) is 0. The number of rotatable bonds is 7. The Morgan fingerprint density at radius 2 is 1.71 bits per heavy atom. The minimum Gasteiger partial charge on any atom is -0.463 e. The molecule has 0 fully saturated rings. The van der Waals surface area contributed by atoms with Crippen molar-refractivity contribution in [1.29, 1.82) is 0 Å². The Labute approximate surface area is 123 Å². The van der Waals surface area contributed by atoms with E-state index in [9.17, 15) is 14.4 Å². The predicted octanol–water partition coefficient (Wildman–Crippen LogP) is 0.752. The number of benzene rings is 1. The van der Waals surface area contributed by atoms with Gasteiger partial charge in [-0.1, -0.05) is 24.3 Å². The Hall–Kier alpha value is -2.37. The Bertz CT molecular complexity index is 509. The van der Waals surface area contributed by atoms with Gasteiger partial charge in [-0.25, -0.2) is 4.79 Å². The minimum absolute atomic E-state index is 0.158. The first-order valence-electron chi connectivity index (χ1n) is 6.62. The van der Waals surface area contributed by atoms with E-state index in [4.69, 9.17) is 15.2 Å². The molecule has 6 nitrogen and oxygen atoms in total. The molecule has 0 spiro atoms. The number of hydrogen-bond acceptors (Lipinski definition) is 5. The molecular formula is C15H19NO5. The van der Waals surface area contributed by atoms with Gasteiger partial charge in [-0.15, -0.1) is 0 Å². The van der Waals surface area contributed by atoms with Crippen LogP contribution in [0.1, 0.15) is 25.0 Å². The summed E-state index contributed by atoms with van der Waals surface area (Å²) in [6, 6.07) is 7.01. The minimum atomic E-state index is -0.968. The zero-order valence-corrected chi connectivity index (χ0v) is 12.1. The number of carbonyl (C=O) groups is 3. The van der Waals surface area contributed by atoms with Gasteiger partial charge in [-0.05, 0) is 18.1 Å². The number of primary amides is 1. The van der Waals surface area contributed by atoms with Gasteiger partial charge in [0.1, 0.15) is 0 Å². The maximum atomic E-state index is 11.7. The Kier molecular flexibility index (Phi) is 6.39. The summed E-state index contributed by atoms with van der Waals surface area (Å²) in [5.41, 5.74) is 6.69. The molecule has 0 bridgehead atoms. The average molecular weight is 293 g/mol. The molecule has 6 heteroatoms. The molecule has 0 saturated carbocycles. The highest BCUT2D eigenvalue weighted by atomic mass is 16.6.